The highest BCUT2D eigenvalue weighted by atomic mass is 32.2. The Hall–Kier alpha value is -3.85. The van der Waals surface area contributed by atoms with Crippen molar-refractivity contribution in [2.24, 2.45) is 5.92 Å². The zero-order valence-electron chi connectivity index (χ0n) is 25.7. The number of hydrogen-bond acceptors (Lipinski definition) is 5. The molecule has 3 aromatic rings. The van der Waals surface area contributed by atoms with Gasteiger partial charge in [0.2, 0.25) is 11.8 Å². The van der Waals surface area contributed by atoms with E-state index >= 15 is 0 Å². The van der Waals surface area contributed by atoms with E-state index in [0.717, 1.165) is 26.6 Å². The first kappa shape index (κ1) is 32.7. The molecule has 42 heavy (non-hydrogen) atoms. The SMILES string of the molecule is CC[C@@H](C(=O)NCC(C)C)N(Cc1cccc(OC)c1)C(=O)CN(c1ccc(C)cc1C)S(=O)(=O)c1ccc(C)cc1. The van der Waals surface area contributed by atoms with Crippen LogP contribution in [0.5, 0.6) is 5.75 Å². The van der Waals surface area contributed by atoms with Gasteiger partial charge < -0.3 is 15.0 Å². The average molecular weight is 594 g/mol. The third-order valence-electron chi connectivity index (χ3n) is 7.07. The molecule has 0 spiro atoms. The van der Waals surface area contributed by atoms with Crippen LogP contribution in [0.2, 0.25) is 0 Å². The highest BCUT2D eigenvalue weighted by Gasteiger charge is 2.34. The van der Waals surface area contributed by atoms with Crippen LogP contribution in [-0.2, 0) is 26.2 Å². The number of carbonyl (C=O) groups excluding carboxylic acids is 2. The molecule has 3 rings (SSSR count). The van der Waals surface area contributed by atoms with E-state index in [4.69, 9.17) is 4.74 Å². The van der Waals surface area contributed by atoms with Gasteiger partial charge in [-0.2, -0.15) is 0 Å². The Morgan fingerprint density at radius 2 is 1.60 bits per heavy atom. The summed E-state index contributed by atoms with van der Waals surface area (Å²) in [7, 11) is -2.56. The van der Waals surface area contributed by atoms with Crippen LogP contribution in [0.25, 0.3) is 0 Å². The number of amides is 2. The van der Waals surface area contributed by atoms with Crippen molar-refractivity contribution in [1.82, 2.24) is 10.2 Å². The van der Waals surface area contributed by atoms with E-state index in [9.17, 15) is 18.0 Å². The van der Waals surface area contributed by atoms with Gasteiger partial charge in [-0.1, -0.05) is 68.3 Å². The van der Waals surface area contributed by atoms with Gasteiger partial charge >= 0.3 is 0 Å². The second kappa shape index (κ2) is 14.4. The molecule has 0 aliphatic heterocycles. The molecule has 0 unspecified atom stereocenters. The van der Waals surface area contributed by atoms with Gasteiger partial charge in [-0.25, -0.2) is 8.42 Å². The molecule has 2 amide bonds. The maximum absolute atomic E-state index is 14.2. The number of methoxy groups -OCH3 is 1. The van der Waals surface area contributed by atoms with Crippen LogP contribution in [0, 0.1) is 26.7 Å². The standard InChI is InChI=1S/C33H43N3O5S/c1-8-30(33(38)34-20-23(2)3)35(21-27-10-9-11-28(19-27)41-7)32(37)22-36(31-17-14-25(5)18-26(31)6)42(39,40)29-15-12-24(4)13-16-29/h9-19,23,30H,8,20-22H2,1-7H3,(H,34,38)/t30-/m0/s1. The number of nitrogens with one attached hydrogen (secondary N) is 1. The Kier molecular flexibility index (Phi) is 11.2. The molecular weight excluding hydrogens is 550 g/mol. The third kappa shape index (κ3) is 8.12. The van der Waals surface area contributed by atoms with Crippen LogP contribution in [0.4, 0.5) is 5.69 Å². The van der Waals surface area contributed by atoms with Crippen LogP contribution < -0.4 is 14.4 Å². The Bertz CT molecular complexity index is 1490. The minimum absolute atomic E-state index is 0.0851. The highest BCUT2D eigenvalue weighted by molar-refractivity contribution is 7.92. The summed E-state index contributed by atoms with van der Waals surface area (Å²) in [6.45, 7) is 11.6. The molecule has 3 aromatic carbocycles. The molecule has 0 aliphatic carbocycles. The van der Waals surface area contributed by atoms with Gasteiger partial charge in [-0.3, -0.25) is 13.9 Å². The number of rotatable bonds is 13. The summed E-state index contributed by atoms with van der Waals surface area (Å²) in [5, 5.41) is 2.95. The molecule has 0 bridgehead atoms. The molecule has 0 heterocycles. The lowest BCUT2D eigenvalue weighted by Crippen LogP contribution is -2.52. The fourth-order valence-corrected chi connectivity index (χ4v) is 6.22. The topological polar surface area (TPSA) is 96.0 Å². The Balaban J connectivity index is 2.09. The first-order chi connectivity index (χ1) is 19.9. The lowest BCUT2D eigenvalue weighted by atomic mass is 10.1. The number of sulfonamides is 1. The van der Waals surface area contributed by atoms with Crippen LogP contribution in [0.1, 0.15) is 49.4 Å². The van der Waals surface area contributed by atoms with Crippen molar-refractivity contribution in [3.8, 4) is 5.75 Å². The van der Waals surface area contributed by atoms with Crippen molar-refractivity contribution in [2.75, 3.05) is 24.5 Å². The molecule has 1 atom stereocenters. The zero-order chi connectivity index (χ0) is 31.0. The molecule has 0 aromatic heterocycles. The van der Waals surface area contributed by atoms with Gasteiger partial charge in [-0.15, -0.1) is 0 Å². The lowest BCUT2D eigenvalue weighted by Gasteiger charge is -2.33. The van der Waals surface area contributed by atoms with Crippen molar-refractivity contribution in [3.05, 3.63) is 89.0 Å². The summed E-state index contributed by atoms with van der Waals surface area (Å²) in [5.41, 5.74) is 3.79. The number of nitrogens with zero attached hydrogens (tertiary/aromatic N) is 2. The number of ether oxygens (including phenoxy) is 1. The van der Waals surface area contributed by atoms with Crippen molar-refractivity contribution in [1.29, 1.82) is 0 Å². The first-order valence-corrected chi connectivity index (χ1v) is 15.7. The number of benzene rings is 3. The van der Waals surface area contributed by atoms with Gasteiger partial charge in [0.1, 0.15) is 18.3 Å². The van der Waals surface area contributed by atoms with E-state index in [-0.39, 0.29) is 23.3 Å². The van der Waals surface area contributed by atoms with Gasteiger partial charge in [0.05, 0.1) is 17.7 Å². The second-order valence-electron chi connectivity index (χ2n) is 11.1. The predicted molar refractivity (Wildman–Crippen MR) is 167 cm³/mol. The monoisotopic (exact) mass is 593 g/mol. The van der Waals surface area contributed by atoms with E-state index in [2.05, 4.69) is 5.32 Å². The van der Waals surface area contributed by atoms with Crippen molar-refractivity contribution >= 4 is 27.5 Å². The Labute approximate surface area is 250 Å². The molecule has 226 valence electrons. The Morgan fingerprint density at radius 1 is 0.929 bits per heavy atom. The summed E-state index contributed by atoms with van der Waals surface area (Å²) in [5.74, 6) is 0.0895. The smallest absolute Gasteiger partial charge is 0.264 e. The van der Waals surface area contributed by atoms with Crippen LogP contribution in [0.15, 0.2) is 71.6 Å². The molecular formula is C33H43N3O5S. The molecule has 1 N–H and O–H groups in total. The molecule has 0 fully saturated rings. The van der Waals surface area contributed by atoms with Gasteiger partial charge in [0.15, 0.2) is 0 Å². The van der Waals surface area contributed by atoms with Gasteiger partial charge in [0, 0.05) is 13.1 Å². The molecule has 0 saturated carbocycles. The normalized spacial score (nSPS) is 12.1. The number of carbonyl (C=O) groups is 2. The first-order valence-electron chi connectivity index (χ1n) is 14.2. The van der Waals surface area contributed by atoms with Gasteiger partial charge in [0.25, 0.3) is 10.0 Å². The summed E-state index contributed by atoms with van der Waals surface area (Å²) in [6.07, 6.45) is 0.355. The third-order valence-corrected chi connectivity index (χ3v) is 8.84. The maximum Gasteiger partial charge on any atom is 0.264 e. The molecule has 8 nitrogen and oxygen atoms in total. The van der Waals surface area contributed by atoms with Crippen LogP contribution in [-0.4, -0.2) is 51.4 Å². The van der Waals surface area contributed by atoms with Crippen molar-refractivity contribution in [3.63, 3.8) is 0 Å². The number of hydrogen-bond donors (Lipinski definition) is 1. The predicted octanol–water partition coefficient (Wildman–Crippen LogP) is 5.40. The largest absolute Gasteiger partial charge is 0.497 e. The van der Waals surface area contributed by atoms with E-state index in [1.165, 1.54) is 4.90 Å². The fourth-order valence-electron chi connectivity index (χ4n) is 4.75. The van der Waals surface area contributed by atoms with E-state index in [1.807, 2.05) is 71.9 Å². The quantitative estimate of drug-likeness (QED) is 0.287. The minimum Gasteiger partial charge on any atom is -0.497 e. The van der Waals surface area contributed by atoms with Crippen LogP contribution in [0.3, 0.4) is 0 Å². The van der Waals surface area contributed by atoms with E-state index in [1.54, 1.807) is 43.5 Å². The van der Waals surface area contributed by atoms with Crippen molar-refractivity contribution in [2.45, 2.75) is 65.4 Å². The molecule has 9 heteroatoms. The highest BCUT2D eigenvalue weighted by Crippen LogP contribution is 2.29. The maximum atomic E-state index is 14.2. The van der Waals surface area contributed by atoms with Crippen molar-refractivity contribution < 1.29 is 22.7 Å². The molecule has 0 saturated heterocycles. The minimum atomic E-state index is -4.13. The average Bonchev–Trinajstić information content (AvgIpc) is 2.95. The summed E-state index contributed by atoms with van der Waals surface area (Å²) < 4.78 is 34.7. The van der Waals surface area contributed by atoms with Crippen LogP contribution >= 0.6 is 0 Å². The Morgan fingerprint density at radius 3 is 2.19 bits per heavy atom. The number of aryl methyl sites for hydroxylation is 3. The fraction of sp³-hybridized carbons (Fsp3) is 0.394. The van der Waals surface area contributed by atoms with E-state index < -0.39 is 28.5 Å². The second-order valence-corrected chi connectivity index (χ2v) is 12.9. The molecule has 0 aliphatic rings. The number of anilines is 1. The molecule has 0 radical (unpaired) electrons. The van der Waals surface area contributed by atoms with Gasteiger partial charge in [-0.05, 0) is 74.6 Å². The summed E-state index contributed by atoms with van der Waals surface area (Å²) >= 11 is 0. The summed E-state index contributed by atoms with van der Waals surface area (Å²) in [6, 6.07) is 18.5. The summed E-state index contributed by atoms with van der Waals surface area (Å²) in [4.78, 5) is 29.2. The lowest BCUT2D eigenvalue weighted by molar-refractivity contribution is -0.140. The van der Waals surface area contributed by atoms with E-state index in [0.29, 0.717) is 24.4 Å². The zero-order valence-corrected chi connectivity index (χ0v) is 26.5.